The second kappa shape index (κ2) is 3.82. The first-order chi connectivity index (χ1) is 5.36. The van der Waals surface area contributed by atoms with Crippen molar-refractivity contribution in [2.75, 3.05) is 7.05 Å². The van der Waals surface area contributed by atoms with Crippen LogP contribution in [0.1, 0.15) is 19.3 Å². The maximum Gasteiger partial charge on any atom is 0.0666 e. The minimum absolute atomic E-state index is 0.577. The first-order valence-corrected chi connectivity index (χ1v) is 3.80. The molecule has 0 spiro atoms. The minimum atomic E-state index is 0.577. The Kier molecular flexibility index (Phi) is 2.74. The van der Waals surface area contributed by atoms with Crippen LogP contribution in [0.2, 0.25) is 0 Å². The zero-order valence-corrected chi connectivity index (χ0v) is 6.72. The van der Waals surface area contributed by atoms with E-state index >= 15 is 0 Å². The van der Waals surface area contributed by atoms with Crippen molar-refractivity contribution in [2.45, 2.75) is 19.3 Å². The first kappa shape index (κ1) is 7.87. The summed E-state index contributed by atoms with van der Waals surface area (Å²) in [6.45, 7) is 0. The van der Waals surface area contributed by atoms with Gasteiger partial charge in [0.1, 0.15) is 0 Å². The van der Waals surface area contributed by atoms with Gasteiger partial charge in [-0.3, -0.25) is 0 Å². The summed E-state index contributed by atoms with van der Waals surface area (Å²) < 4.78 is 0. The number of allylic oxidation sites excluding steroid dienone is 4. The topological polar surface area (TPSA) is 35.8 Å². The lowest BCUT2D eigenvalue weighted by Gasteiger charge is -2.11. The predicted octanol–water partition coefficient (Wildman–Crippen LogP) is 1.72. The van der Waals surface area contributed by atoms with E-state index in [0.717, 1.165) is 12.8 Å². The van der Waals surface area contributed by atoms with Crippen LogP contribution in [0.25, 0.3) is 0 Å². The van der Waals surface area contributed by atoms with Crippen LogP contribution >= 0.6 is 0 Å². The van der Waals surface area contributed by atoms with E-state index in [4.69, 9.17) is 5.26 Å². The molecule has 0 atom stereocenters. The van der Waals surface area contributed by atoms with Crippen LogP contribution in [-0.4, -0.2) is 7.05 Å². The second-order valence-electron chi connectivity index (χ2n) is 2.60. The number of nitrogens with one attached hydrogen (secondary N) is 1. The molecule has 0 aromatic rings. The highest BCUT2D eigenvalue weighted by Gasteiger charge is 2.03. The van der Waals surface area contributed by atoms with Gasteiger partial charge >= 0.3 is 0 Å². The summed E-state index contributed by atoms with van der Waals surface area (Å²) in [5, 5.41) is 11.5. The molecule has 0 radical (unpaired) electrons. The molecule has 1 aliphatic rings. The Morgan fingerprint density at radius 1 is 1.55 bits per heavy atom. The molecule has 0 saturated carbocycles. The van der Waals surface area contributed by atoms with Crippen molar-refractivity contribution in [1.82, 2.24) is 5.32 Å². The van der Waals surface area contributed by atoms with Gasteiger partial charge in [-0.1, -0.05) is 11.6 Å². The first-order valence-electron chi connectivity index (χ1n) is 3.80. The number of hydrogen-bond acceptors (Lipinski definition) is 2. The molecular formula is C9H12N2. The molecule has 0 saturated heterocycles. The molecule has 1 N–H and O–H groups in total. The molecule has 0 fully saturated rings. The van der Waals surface area contributed by atoms with Crippen molar-refractivity contribution in [2.24, 2.45) is 0 Å². The lowest BCUT2D eigenvalue weighted by molar-refractivity contribution is 0.803. The Morgan fingerprint density at radius 3 is 2.82 bits per heavy atom. The van der Waals surface area contributed by atoms with Gasteiger partial charge in [-0.25, -0.2) is 0 Å². The van der Waals surface area contributed by atoms with Crippen molar-refractivity contribution < 1.29 is 0 Å². The van der Waals surface area contributed by atoms with E-state index in [1.165, 1.54) is 11.3 Å². The smallest absolute Gasteiger partial charge is 0.0666 e. The predicted molar refractivity (Wildman–Crippen MR) is 44.7 cm³/mol. The maximum absolute atomic E-state index is 8.41. The molecule has 0 aromatic heterocycles. The molecule has 58 valence electrons. The molecule has 1 rings (SSSR count). The quantitative estimate of drug-likeness (QED) is 0.647. The largest absolute Gasteiger partial charge is 0.391 e. The van der Waals surface area contributed by atoms with Gasteiger partial charge in [0, 0.05) is 12.7 Å². The summed E-state index contributed by atoms with van der Waals surface area (Å²) in [6.07, 6.45) is 6.74. The van der Waals surface area contributed by atoms with Crippen LogP contribution < -0.4 is 5.32 Å². The zero-order valence-electron chi connectivity index (χ0n) is 6.72. The maximum atomic E-state index is 8.41. The van der Waals surface area contributed by atoms with Gasteiger partial charge < -0.3 is 5.32 Å². The molecule has 2 heteroatoms. The van der Waals surface area contributed by atoms with E-state index < -0.39 is 0 Å². The minimum Gasteiger partial charge on any atom is -0.391 e. The molecular weight excluding hydrogens is 136 g/mol. The fraction of sp³-hybridized carbons (Fsp3) is 0.444. The number of nitriles is 1. The van der Waals surface area contributed by atoms with E-state index in [0.29, 0.717) is 6.42 Å². The van der Waals surface area contributed by atoms with Gasteiger partial charge in [0.25, 0.3) is 0 Å². The third-order valence-corrected chi connectivity index (χ3v) is 1.86. The van der Waals surface area contributed by atoms with E-state index in [-0.39, 0.29) is 0 Å². The van der Waals surface area contributed by atoms with Gasteiger partial charge in [-0.15, -0.1) is 0 Å². The van der Waals surface area contributed by atoms with Crippen LogP contribution in [0.15, 0.2) is 23.4 Å². The molecule has 2 nitrogen and oxygen atoms in total. The monoisotopic (exact) mass is 148 g/mol. The average molecular weight is 148 g/mol. The van der Waals surface area contributed by atoms with Crippen LogP contribution in [0, 0.1) is 11.3 Å². The number of hydrogen-bond donors (Lipinski definition) is 1. The van der Waals surface area contributed by atoms with E-state index in [9.17, 15) is 0 Å². The Balaban J connectivity index is 2.56. The Bertz CT molecular complexity index is 230. The molecule has 0 bridgehead atoms. The highest BCUT2D eigenvalue weighted by molar-refractivity contribution is 5.24. The van der Waals surface area contributed by atoms with Gasteiger partial charge in [0.2, 0.25) is 0 Å². The Labute approximate surface area is 67.2 Å². The molecule has 11 heavy (non-hydrogen) atoms. The highest BCUT2D eigenvalue weighted by atomic mass is 14.8. The molecule has 0 amide bonds. The Hall–Kier alpha value is -1.23. The summed E-state index contributed by atoms with van der Waals surface area (Å²) in [4.78, 5) is 0. The third kappa shape index (κ3) is 2.12. The summed E-state index contributed by atoms with van der Waals surface area (Å²) in [5.74, 6) is 0. The molecule has 0 heterocycles. The van der Waals surface area contributed by atoms with Gasteiger partial charge in [-0.05, 0) is 18.9 Å². The van der Waals surface area contributed by atoms with Crippen LogP contribution in [0.3, 0.4) is 0 Å². The second-order valence-corrected chi connectivity index (χ2v) is 2.60. The third-order valence-electron chi connectivity index (χ3n) is 1.86. The molecule has 0 aromatic carbocycles. The van der Waals surface area contributed by atoms with Crippen LogP contribution in [-0.2, 0) is 0 Å². The lowest BCUT2D eigenvalue weighted by atomic mass is 10.0. The number of rotatable bonds is 2. The van der Waals surface area contributed by atoms with E-state index in [1.54, 1.807) is 0 Å². The standard InChI is InChI=1S/C9H12N2/c1-11-9-4-2-8(3-5-9)6-7-10/h2,4,11H,3,5-6H2,1H3. The lowest BCUT2D eigenvalue weighted by Crippen LogP contribution is -2.07. The Morgan fingerprint density at radius 2 is 2.36 bits per heavy atom. The van der Waals surface area contributed by atoms with Gasteiger partial charge in [0.05, 0.1) is 12.5 Å². The average Bonchev–Trinajstić information content (AvgIpc) is 2.07. The molecule has 0 aliphatic heterocycles. The zero-order chi connectivity index (χ0) is 8.10. The highest BCUT2D eigenvalue weighted by Crippen LogP contribution is 2.17. The summed E-state index contributed by atoms with van der Waals surface area (Å²) in [6, 6.07) is 2.15. The van der Waals surface area contributed by atoms with Crippen molar-refractivity contribution in [1.29, 1.82) is 5.26 Å². The normalized spacial score (nSPS) is 16.4. The molecule has 1 aliphatic carbocycles. The fourth-order valence-electron chi connectivity index (χ4n) is 1.14. The molecule has 0 unspecified atom stereocenters. The van der Waals surface area contributed by atoms with Crippen molar-refractivity contribution >= 4 is 0 Å². The van der Waals surface area contributed by atoms with Crippen molar-refractivity contribution in [3.05, 3.63) is 23.4 Å². The van der Waals surface area contributed by atoms with Gasteiger partial charge in [-0.2, -0.15) is 5.26 Å². The van der Waals surface area contributed by atoms with Crippen LogP contribution in [0.5, 0.6) is 0 Å². The number of nitrogens with zero attached hydrogens (tertiary/aromatic N) is 1. The van der Waals surface area contributed by atoms with Gasteiger partial charge in [0.15, 0.2) is 0 Å². The SMILES string of the molecule is CNC1=CC=C(CC#N)CC1. The van der Waals surface area contributed by atoms with E-state index in [1.807, 2.05) is 13.1 Å². The van der Waals surface area contributed by atoms with Crippen molar-refractivity contribution in [3.8, 4) is 6.07 Å². The fourth-order valence-corrected chi connectivity index (χ4v) is 1.14. The summed E-state index contributed by atoms with van der Waals surface area (Å²) in [7, 11) is 1.93. The summed E-state index contributed by atoms with van der Waals surface area (Å²) in [5.41, 5.74) is 2.50. The summed E-state index contributed by atoms with van der Waals surface area (Å²) >= 11 is 0. The van der Waals surface area contributed by atoms with Crippen molar-refractivity contribution in [3.63, 3.8) is 0 Å². The van der Waals surface area contributed by atoms with E-state index in [2.05, 4.69) is 17.5 Å². The van der Waals surface area contributed by atoms with Crippen LogP contribution in [0.4, 0.5) is 0 Å².